The number of carbonyl (C=O) groups excluding carboxylic acids is 1. The van der Waals surface area contributed by atoms with E-state index in [1.54, 1.807) is 0 Å². The van der Waals surface area contributed by atoms with E-state index in [0.29, 0.717) is 11.5 Å². The summed E-state index contributed by atoms with van der Waals surface area (Å²) in [7, 11) is 0. The van der Waals surface area contributed by atoms with Gasteiger partial charge in [0.2, 0.25) is 5.78 Å². The van der Waals surface area contributed by atoms with Gasteiger partial charge in [0.15, 0.2) is 12.0 Å². The smallest absolute Gasteiger partial charge is 0.206 e. The second-order valence-corrected chi connectivity index (χ2v) is 6.35. The summed E-state index contributed by atoms with van der Waals surface area (Å²) in [6.45, 7) is 6.03. The Bertz CT molecular complexity index is 722. The van der Waals surface area contributed by atoms with E-state index in [4.69, 9.17) is 9.73 Å². The number of hydrogen-bond acceptors (Lipinski definition) is 3. The molecule has 1 heterocycles. The molecule has 3 rings (SSSR count). The van der Waals surface area contributed by atoms with Crippen LogP contribution in [0.25, 0.3) is 0 Å². The number of ether oxygens (including phenoxy) is 1. The summed E-state index contributed by atoms with van der Waals surface area (Å²) < 4.78 is 6.01. The van der Waals surface area contributed by atoms with Gasteiger partial charge in [-0.15, -0.1) is 0 Å². The van der Waals surface area contributed by atoms with Crippen molar-refractivity contribution in [2.75, 3.05) is 0 Å². The molecule has 0 fully saturated rings. The minimum absolute atomic E-state index is 0.0312. The summed E-state index contributed by atoms with van der Waals surface area (Å²) in [6, 6.07) is 19.2. The van der Waals surface area contributed by atoms with Crippen molar-refractivity contribution in [1.82, 2.24) is 0 Å². The fourth-order valence-corrected chi connectivity index (χ4v) is 2.87. The van der Waals surface area contributed by atoms with Crippen LogP contribution in [0.2, 0.25) is 0 Å². The summed E-state index contributed by atoms with van der Waals surface area (Å²) in [5.41, 5.74) is 0.943. The van der Waals surface area contributed by atoms with Gasteiger partial charge in [0.1, 0.15) is 5.54 Å². The normalized spacial score (nSPS) is 23.5. The summed E-state index contributed by atoms with van der Waals surface area (Å²) >= 11 is 0. The number of benzene rings is 2. The molecule has 0 unspecified atom stereocenters. The maximum absolute atomic E-state index is 13.0. The summed E-state index contributed by atoms with van der Waals surface area (Å²) in [5.74, 6) is 0.758. The maximum Gasteiger partial charge on any atom is 0.206 e. The number of carbonyl (C=O) groups is 1. The molecule has 2 aromatic rings. The van der Waals surface area contributed by atoms with Crippen molar-refractivity contribution in [2.24, 2.45) is 10.9 Å². The Morgan fingerprint density at radius 3 is 2.17 bits per heavy atom. The first-order valence-corrected chi connectivity index (χ1v) is 7.93. The molecule has 118 valence electrons. The molecule has 2 atom stereocenters. The molecule has 0 spiro atoms. The Morgan fingerprint density at radius 2 is 1.61 bits per heavy atom. The van der Waals surface area contributed by atoms with Crippen LogP contribution in [-0.2, 0) is 10.3 Å². The fraction of sp³-hybridized carbons (Fsp3) is 0.300. The maximum atomic E-state index is 13.0. The highest BCUT2D eigenvalue weighted by atomic mass is 16.5. The molecule has 1 aliphatic heterocycles. The zero-order valence-electron chi connectivity index (χ0n) is 13.7. The second kappa shape index (κ2) is 5.99. The molecule has 0 radical (unpaired) electrons. The van der Waals surface area contributed by atoms with Gasteiger partial charge >= 0.3 is 0 Å². The Balaban J connectivity index is 2.04. The summed E-state index contributed by atoms with van der Waals surface area (Å²) in [5, 5.41) is 0. The summed E-state index contributed by atoms with van der Waals surface area (Å²) in [4.78, 5) is 17.8. The van der Waals surface area contributed by atoms with E-state index in [-0.39, 0.29) is 11.7 Å². The molecule has 0 bridgehead atoms. The Labute approximate surface area is 137 Å². The number of nitrogens with zero attached hydrogens (tertiary/aromatic N) is 1. The third kappa shape index (κ3) is 2.79. The van der Waals surface area contributed by atoms with Crippen LogP contribution < -0.4 is 0 Å². The lowest BCUT2D eigenvalue weighted by molar-refractivity contribution is 0.0684. The third-order valence-electron chi connectivity index (χ3n) is 4.24. The molecule has 1 aliphatic rings. The van der Waals surface area contributed by atoms with Gasteiger partial charge in [-0.1, -0.05) is 74.5 Å². The minimum Gasteiger partial charge on any atom is -0.466 e. The van der Waals surface area contributed by atoms with Crippen LogP contribution in [0.4, 0.5) is 0 Å². The zero-order valence-corrected chi connectivity index (χ0v) is 13.7. The van der Waals surface area contributed by atoms with Crippen LogP contribution in [0.1, 0.15) is 36.7 Å². The highest BCUT2D eigenvalue weighted by molar-refractivity contribution is 6.03. The molecular weight excluding hydrogens is 286 g/mol. The highest BCUT2D eigenvalue weighted by Gasteiger charge is 2.48. The van der Waals surface area contributed by atoms with E-state index >= 15 is 0 Å². The third-order valence-corrected chi connectivity index (χ3v) is 4.24. The van der Waals surface area contributed by atoms with E-state index in [9.17, 15) is 4.79 Å². The number of aliphatic imine (C=N–C) groups is 1. The van der Waals surface area contributed by atoms with Crippen molar-refractivity contribution in [3.8, 4) is 0 Å². The molecule has 0 saturated carbocycles. The second-order valence-electron chi connectivity index (χ2n) is 6.35. The van der Waals surface area contributed by atoms with Gasteiger partial charge in [-0.05, 0) is 12.5 Å². The molecule has 3 nitrogen and oxygen atoms in total. The van der Waals surface area contributed by atoms with Gasteiger partial charge in [-0.2, -0.15) is 0 Å². The van der Waals surface area contributed by atoms with Crippen molar-refractivity contribution in [3.05, 3.63) is 71.8 Å². The largest absolute Gasteiger partial charge is 0.466 e. The average molecular weight is 307 g/mol. The monoisotopic (exact) mass is 307 g/mol. The van der Waals surface area contributed by atoms with Crippen LogP contribution in [0.5, 0.6) is 0 Å². The number of Topliss-reactive ketones (excluding diaryl/α,β-unsaturated/α-hetero) is 1. The first-order chi connectivity index (χ1) is 11.0. The van der Waals surface area contributed by atoms with Gasteiger partial charge in [0, 0.05) is 11.5 Å². The lowest BCUT2D eigenvalue weighted by Gasteiger charge is -2.27. The molecule has 3 heteroatoms. The van der Waals surface area contributed by atoms with Crippen LogP contribution in [0.3, 0.4) is 0 Å². The predicted octanol–water partition coefficient (Wildman–Crippen LogP) is 4.24. The first-order valence-electron chi connectivity index (χ1n) is 7.93. The van der Waals surface area contributed by atoms with Gasteiger partial charge in [0.25, 0.3) is 0 Å². The molecule has 0 aliphatic carbocycles. The van der Waals surface area contributed by atoms with E-state index in [0.717, 1.165) is 5.56 Å². The Morgan fingerprint density at radius 1 is 1.04 bits per heavy atom. The Kier molecular flexibility index (Phi) is 4.03. The van der Waals surface area contributed by atoms with Crippen molar-refractivity contribution in [2.45, 2.75) is 32.4 Å². The van der Waals surface area contributed by atoms with E-state index in [2.05, 4.69) is 0 Å². The number of ketones is 1. The van der Waals surface area contributed by atoms with Gasteiger partial charge < -0.3 is 4.74 Å². The van der Waals surface area contributed by atoms with Gasteiger partial charge in [-0.3, -0.25) is 4.79 Å². The lowest BCUT2D eigenvalue weighted by atomic mass is 9.83. The Hall–Kier alpha value is -2.42. The fourth-order valence-electron chi connectivity index (χ4n) is 2.87. The van der Waals surface area contributed by atoms with Crippen molar-refractivity contribution in [3.63, 3.8) is 0 Å². The molecule has 0 amide bonds. The molecule has 0 aromatic heterocycles. The van der Waals surface area contributed by atoms with Crippen LogP contribution in [0.15, 0.2) is 65.7 Å². The van der Waals surface area contributed by atoms with E-state index in [1.807, 2.05) is 81.4 Å². The molecule has 2 aromatic carbocycles. The topological polar surface area (TPSA) is 38.7 Å². The van der Waals surface area contributed by atoms with Gasteiger partial charge in [0.05, 0.1) is 0 Å². The molecule has 0 saturated heterocycles. The molecular formula is C20H21NO2. The van der Waals surface area contributed by atoms with Crippen LogP contribution >= 0.6 is 0 Å². The average Bonchev–Trinajstić information content (AvgIpc) is 2.95. The zero-order chi connectivity index (χ0) is 16.4. The van der Waals surface area contributed by atoms with Crippen molar-refractivity contribution >= 4 is 11.7 Å². The first kappa shape index (κ1) is 15.5. The van der Waals surface area contributed by atoms with Crippen molar-refractivity contribution < 1.29 is 9.53 Å². The predicted molar refractivity (Wildman–Crippen MR) is 91.7 cm³/mol. The number of hydrogen-bond donors (Lipinski definition) is 0. The number of rotatable bonds is 4. The van der Waals surface area contributed by atoms with E-state index < -0.39 is 11.6 Å². The minimum atomic E-state index is -0.701. The van der Waals surface area contributed by atoms with Crippen molar-refractivity contribution in [1.29, 1.82) is 0 Å². The van der Waals surface area contributed by atoms with Crippen LogP contribution in [0, 0.1) is 5.92 Å². The van der Waals surface area contributed by atoms with E-state index in [1.165, 1.54) is 0 Å². The highest BCUT2D eigenvalue weighted by Crippen LogP contribution is 2.38. The summed E-state index contributed by atoms with van der Waals surface area (Å²) in [6.07, 6.45) is -0.635. The van der Waals surface area contributed by atoms with Gasteiger partial charge in [-0.25, -0.2) is 4.99 Å². The van der Waals surface area contributed by atoms with Crippen LogP contribution in [-0.4, -0.2) is 17.8 Å². The molecule has 23 heavy (non-hydrogen) atoms. The lowest BCUT2D eigenvalue weighted by Crippen LogP contribution is -2.39. The SMILES string of the molecule is CC(C)C1=N[C@@](C)(c2ccccc2)[C@H](C(=O)c2ccccc2)O1. The quantitative estimate of drug-likeness (QED) is 0.793. The standard InChI is InChI=1S/C20H21NO2/c1-14(2)19-21-20(3,16-12-8-5-9-13-16)18(23-19)17(22)15-10-6-4-7-11-15/h4-14,18H,1-3H3/t18-,20-/m0/s1. The molecule has 0 N–H and O–H groups in total.